The molecule has 3 aromatic rings. The molecule has 2 aliphatic heterocycles. The number of fused-ring (bicyclic) bond motifs is 2. The first-order valence-electron chi connectivity index (χ1n) is 11.9. The predicted molar refractivity (Wildman–Crippen MR) is 129 cm³/mol. The number of halogens is 1. The molecule has 0 aromatic carbocycles. The molecule has 1 unspecified atom stereocenters. The van der Waals surface area contributed by atoms with Crippen LogP contribution in [0, 0.1) is 0 Å². The zero-order chi connectivity index (χ0) is 23.7. The molecule has 5 rings (SSSR count). The van der Waals surface area contributed by atoms with E-state index in [0.29, 0.717) is 36.7 Å². The third kappa shape index (κ3) is 4.23. The number of nitrogens with one attached hydrogen (secondary N) is 1. The number of hydrogen-bond acceptors (Lipinski definition) is 8. The molecule has 5 heterocycles. The topological polar surface area (TPSA) is 99.4 Å². The smallest absolute Gasteiger partial charge is 0.274 e. The standard InChI is InChI=1S/C24H30FN7O2/c1-30-20-6-10-31(11-7-25)14-17(20)12-19(23(30)34)28-24-27-13-16-5-8-26-22(21(16)29-24)32-9-3-2-4-18(32)15-33/h5,8,12-13,18,33H,2-4,6-7,9-11,14-15H2,1H3,(H,27,28,29). The molecule has 180 valence electrons. The summed E-state index contributed by atoms with van der Waals surface area (Å²) in [7, 11) is 1.77. The number of aliphatic hydroxyl groups is 1. The van der Waals surface area contributed by atoms with Crippen LogP contribution >= 0.6 is 0 Å². The summed E-state index contributed by atoms with van der Waals surface area (Å²) in [4.78, 5) is 31.0. The lowest BCUT2D eigenvalue weighted by Gasteiger charge is -2.35. The Kier molecular flexibility index (Phi) is 6.42. The SMILES string of the molecule is Cn1c2c(cc(Nc3ncc4ccnc(N5CCCCC5CO)c4n3)c1=O)CN(CCF)CC2. The molecule has 34 heavy (non-hydrogen) atoms. The number of rotatable bonds is 6. The van der Waals surface area contributed by atoms with Crippen molar-refractivity contribution >= 4 is 28.4 Å². The molecule has 1 saturated heterocycles. The van der Waals surface area contributed by atoms with Crippen LogP contribution in [0.25, 0.3) is 10.9 Å². The summed E-state index contributed by atoms with van der Waals surface area (Å²) in [5, 5.41) is 13.8. The zero-order valence-corrected chi connectivity index (χ0v) is 19.4. The molecular weight excluding hydrogens is 437 g/mol. The van der Waals surface area contributed by atoms with Gasteiger partial charge in [0.05, 0.1) is 12.6 Å². The predicted octanol–water partition coefficient (Wildman–Crippen LogP) is 2.15. The van der Waals surface area contributed by atoms with E-state index in [1.165, 1.54) is 0 Å². The number of hydrogen-bond donors (Lipinski definition) is 2. The molecule has 0 bridgehead atoms. The van der Waals surface area contributed by atoms with Crippen molar-refractivity contribution in [3.63, 3.8) is 0 Å². The molecule has 1 fully saturated rings. The normalized spacial score (nSPS) is 18.8. The Morgan fingerprint density at radius 2 is 2.15 bits per heavy atom. The minimum absolute atomic E-state index is 0.0124. The highest BCUT2D eigenvalue weighted by Gasteiger charge is 2.25. The van der Waals surface area contributed by atoms with E-state index in [4.69, 9.17) is 4.98 Å². The maximum atomic E-state index is 13.0. The molecule has 9 nitrogen and oxygen atoms in total. The van der Waals surface area contributed by atoms with Crippen molar-refractivity contribution in [2.45, 2.75) is 38.3 Å². The quantitative estimate of drug-likeness (QED) is 0.569. The van der Waals surface area contributed by atoms with Crippen molar-refractivity contribution < 1.29 is 9.50 Å². The molecular formula is C24H30FN7O2. The Morgan fingerprint density at radius 3 is 2.97 bits per heavy atom. The Balaban J connectivity index is 1.50. The molecule has 0 amide bonds. The van der Waals surface area contributed by atoms with Crippen molar-refractivity contribution in [1.29, 1.82) is 0 Å². The van der Waals surface area contributed by atoms with Crippen LogP contribution in [-0.4, -0.2) is 68.5 Å². The summed E-state index contributed by atoms with van der Waals surface area (Å²) >= 11 is 0. The van der Waals surface area contributed by atoms with Gasteiger partial charge in [0.15, 0.2) is 5.82 Å². The average Bonchev–Trinajstić information content (AvgIpc) is 2.87. The van der Waals surface area contributed by atoms with Crippen molar-refractivity contribution in [2.75, 3.05) is 43.1 Å². The molecule has 10 heteroatoms. The second-order valence-corrected chi connectivity index (χ2v) is 9.03. The van der Waals surface area contributed by atoms with Gasteiger partial charge in [-0.1, -0.05) is 0 Å². The molecule has 2 N–H and O–H groups in total. The van der Waals surface area contributed by atoms with E-state index in [-0.39, 0.29) is 24.9 Å². The summed E-state index contributed by atoms with van der Waals surface area (Å²) in [6.45, 7) is 2.23. The van der Waals surface area contributed by atoms with E-state index in [0.717, 1.165) is 54.8 Å². The second kappa shape index (κ2) is 9.63. The van der Waals surface area contributed by atoms with Crippen LogP contribution in [-0.2, 0) is 20.0 Å². The molecule has 3 aromatic heterocycles. The third-order valence-corrected chi connectivity index (χ3v) is 6.92. The minimum Gasteiger partial charge on any atom is -0.394 e. The summed E-state index contributed by atoms with van der Waals surface area (Å²) < 4.78 is 14.5. The van der Waals surface area contributed by atoms with Crippen molar-refractivity contribution in [2.24, 2.45) is 7.05 Å². The highest BCUT2D eigenvalue weighted by molar-refractivity contribution is 5.89. The number of alkyl halides is 1. The number of pyridine rings is 2. The Bertz CT molecular complexity index is 1250. The highest BCUT2D eigenvalue weighted by Crippen LogP contribution is 2.29. The van der Waals surface area contributed by atoms with Gasteiger partial charge in [0.25, 0.3) is 5.56 Å². The summed E-state index contributed by atoms with van der Waals surface area (Å²) in [6, 6.07) is 3.71. The van der Waals surface area contributed by atoms with Gasteiger partial charge in [-0.25, -0.2) is 19.3 Å². The van der Waals surface area contributed by atoms with E-state index in [1.54, 1.807) is 24.0 Å². The molecule has 0 aliphatic carbocycles. The van der Waals surface area contributed by atoms with Crippen LogP contribution in [0.2, 0.25) is 0 Å². The summed E-state index contributed by atoms with van der Waals surface area (Å²) in [6.07, 6.45) is 7.20. The maximum absolute atomic E-state index is 13.0. The monoisotopic (exact) mass is 467 g/mol. The van der Waals surface area contributed by atoms with Crippen LogP contribution in [0.15, 0.2) is 29.3 Å². The van der Waals surface area contributed by atoms with E-state index in [9.17, 15) is 14.3 Å². The van der Waals surface area contributed by atoms with Crippen LogP contribution in [0.5, 0.6) is 0 Å². The molecule has 0 radical (unpaired) electrons. The zero-order valence-electron chi connectivity index (χ0n) is 19.4. The number of nitrogens with zero attached hydrogens (tertiary/aromatic N) is 6. The summed E-state index contributed by atoms with van der Waals surface area (Å²) in [5.41, 5.74) is 2.91. The molecule has 1 atom stereocenters. The van der Waals surface area contributed by atoms with E-state index in [1.807, 2.05) is 12.1 Å². The fourth-order valence-corrected chi connectivity index (χ4v) is 5.09. The first-order chi connectivity index (χ1) is 16.6. The number of aliphatic hydroxyl groups excluding tert-OH is 1. The van der Waals surface area contributed by atoms with Crippen LogP contribution in [0.4, 0.5) is 21.8 Å². The first kappa shape index (κ1) is 22.7. The molecule has 0 spiro atoms. The van der Waals surface area contributed by atoms with Gasteiger partial charge in [0, 0.05) is 63.1 Å². The van der Waals surface area contributed by atoms with Crippen LogP contribution in [0.1, 0.15) is 30.5 Å². The van der Waals surface area contributed by atoms with E-state index in [2.05, 4.69) is 25.1 Å². The van der Waals surface area contributed by atoms with E-state index < -0.39 is 0 Å². The third-order valence-electron chi connectivity index (χ3n) is 6.92. The average molecular weight is 468 g/mol. The second-order valence-electron chi connectivity index (χ2n) is 9.03. The minimum atomic E-state index is -0.387. The summed E-state index contributed by atoms with van der Waals surface area (Å²) in [5.74, 6) is 1.04. The lowest BCUT2D eigenvalue weighted by molar-refractivity contribution is 0.227. The van der Waals surface area contributed by atoms with Gasteiger partial charge in [0.2, 0.25) is 5.95 Å². The van der Waals surface area contributed by atoms with Gasteiger partial charge in [0.1, 0.15) is 17.9 Å². The molecule has 0 saturated carbocycles. The Morgan fingerprint density at radius 1 is 1.26 bits per heavy atom. The fourth-order valence-electron chi connectivity index (χ4n) is 5.09. The van der Waals surface area contributed by atoms with Gasteiger partial charge in [-0.05, 0) is 37.0 Å². The number of anilines is 3. The van der Waals surface area contributed by atoms with Crippen molar-refractivity contribution in [1.82, 2.24) is 24.4 Å². The lowest BCUT2D eigenvalue weighted by atomic mass is 10.0. The number of aromatic nitrogens is 4. The fraction of sp³-hybridized carbons (Fsp3) is 0.500. The van der Waals surface area contributed by atoms with Gasteiger partial charge in [-0.3, -0.25) is 9.69 Å². The van der Waals surface area contributed by atoms with E-state index >= 15 is 0 Å². The van der Waals surface area contributed by atoms with Crippen LogP contribution < -0.4 is 15.8 Å². The Hall–Kier alpha value is -3.11. The molecule has 2 aliphatic rings. The Labute approximate surface area is 197 Å². The van der Waals surface area contributed by atoms with Gasteiger partial charge in [-0.2, -0.15) is 0 Å². The maximum Gasteiger partial charge on any atom is 0.274 e. The highest BCUT2D eigenvalue weighted by atomic mass is 19.1. The van der Waals surface area contributed by atoms with Crippen LogP contribution in [0.3, 0.4) is 0 Å². The first-order valence-corrected chi connectivity index (χ1v) is 11.9. The van der Waals surface area contributed by atoms with Crippen molar-refractivity contribution in [3.8, 4) is 0 Å². The number of piperidine rings is 1. The van der Waals surface area contributed by atoms with Crippen molar-refractivity contribution in [3.05, 3.63) is 46.1 Å². The van der Waals surface area contributed by atoms with Gasteiger partial charge >= 0.3 is 0 Å². The largest absolute Gasteiger partial charge is 0.394 e. The van der Waals surface area contributed by atoms with Gasteiger partial charge in [-0.15, -0.1) is 0 Å². The van der Waals surface area contributed by atoms with Gasteiger partial charge < -0.3 is 19.9 Å². The lowest BCUT2D eigenvalue weighted by Crippen LogP contribution is -2.42.